The van der Waals surface area contributed by atoms with Crippen LogP contribution < -0.4 is 5.73 Å². The molecule has 0 aliphatic carbocycles. The van der Waals surface area contributed by atoms with Crippen molar-refractivity contribution >= 4 is 6.29 Å². The second-order valence-corrected chi connectivity index (χ2v) is 2.59. The van der Waals surface area contributed by atoms with Crippen LogP contribution in [0.5, 0.6) is 0 Å². The summed E-state index contributed by atoms with van der Waals surface area (Å²) in [4.78, 5) is 9.95. The van der Waals surface area contributed by atoms with E-state index in [0.29, 0.717) is 0 Å². The van der Waals surface area contributed by atoms with Gasteiger partial charge in [-0.3, -0.25) is 0 Å². The zero-order chi connectivity index (χ0) is 10.6. The molecule has 0 rings (SSSR count). The Labute approximate surface area is 74.0 Å². The fourth-order valence-corrected chi connectivity index (χ4v) is 0.687. The Morgan fingerprint density at radius 1 is 0.923 bits per heavy atom. The quantitative estimate of drug-likeness (QED) is 0.193. The predicted molar refractivity (Wildman–Crippen MR) is 40.3 cm³/mol. The highest BCUT2D eigenvalue weighted by Gasteiger charge is 2.32. The molecular weight excluding hydrogens is 182 g/mol. The molecule has 0 amide bonds. The molecule has 0 saturated carbocycles. The Hall–Kier alpha value is -0.570. The van der Waals surface area contributed by atoms with Crippen molar-refractivity contribution in [2.45, 2.75) is 30.6 Å². The Morgan fingerprint density at radius 2 is 1.38 bits per heavy atom. The van der Waals surface area contributed by atoms with Crippen LogP contribution >= 0.6 is 0 Å². The third-order valence-corrected chi connectivity index (χ3v) is 1.54. The average molecular weight is 195 g/mol. The first kappa shape index (κ1) is 12.4. The lowest BCUT2D eigenvalue weighted by molar-refractivity contribution is -0.143. The summed E-state index contributed by atoms with van der Waals surface area (Å²) in [5, 5.41) is 44.1. The molecule has 0 fully saturated rings. The van der Waals surface area contributed by atoms with Crippen LogP contribution in [0.1, 0.15) is 0 Å². The summed E-state index contributed by atoms with van der Waals surface area (Å²) >= 11 is 0. The van der Waals surface area contributed by atoms with E-state index in [1.54, 1.807) is 0 Å². The summed E-state index contributed by atoms with van der Waals surface area (Å²) in [6.07, 6.45) is -9.20. The van der Waals surface area contributed by atoms with Gasteiger partial charge in [-0.15, -0.1) is 0 Å². The van der Waals surface area contributed by atoms with Gasteiger partial charge in [-0.25, -0.2) is 0 Å². The maximum absolute atomic E-state index is 9.95. The van der Waals surface area contributed by atoms with Gasteiger partial charge in [0.2, 0.25) is 0 Å². The van der Waals surface area contributed by atoms with Gasteiger partial charge in [0.05, 0.1) is 0 Å². The lowest BCUT2D eigenvalue weighted by Gasteiger charge is -2.25. The third kappa shape index (κ3) is 3.35. The van der Waals surface area contributed by atoms with Crippen LogP contribution in [0.15, 0.2) is 0 Å². The Kier molecular flexibility index (Phi) is 4.99. The van der Waals surface area contributed by atoms with Crippen molar-refractivity contribution in [1.82, 2.24) is 0 Å². The summed E-state index contributed by atoms with van der Waals surface area (Å²) in [6, 6.07) is 0. The first-order valence-corrected chi connectivity index (χ1v) is 3.53. The van der Waals surface area contributed by atoms with Crippen LogP contribution in [0.4, 0.5) is 0 Å². The highest BCUT2D eigenvalue weighted by atomic mass is 16.4. The molecule has 5 atom stereocenters. The molecule has 0 spiro atoms. The van der Waals surface area contributed by atoms with Crippen molar-refractivity contribution < 1.29 is 30.3 Å². The number of aliphatic hydroxyl groups excluding tert-OH is 5. The van der Waals surface area contributed by atoms with Crippen molar-refractivity contribution in [1.29, 1.82) is 0 Å². The van der Waals surface area contributed by atoms with Crippen LogP contribution in [-0.4, -0.2) is 62.5 Å². The molecule has 7 heteroatoms. The van der Waals surface area contributed by atoms with Crippen molar-refractivity contribution in [2.24, 2.45) is 5.73 Å². The minimum atomic E-state index is -1.89. The zero-order valence-corrected chi connectivity index (χ0v) is 6.69. The fourth-order valence-electron chi connectivity index (χ4n) is 0.687. The summed E-state index contributed by atoms with van der Waals surface area (Å²) in [7, 11) is 0. The minimum absolute atomic E-state index is 0.0104. The highest BCUT2D eigenvalue weighted by molar-refractivity contribution is 5.56. The summed E-state index contributed by atoms with van der Waals surface area (Å²) in [5.41, 5.74) is 4.78. The molecule has 0 aromatic carbocycles. The molecule has 0 aromatic heterocycles. The number of carbonyl (C=O) groups excluding carboxylic acids is 1. The Bertz CT molecular complexity index is 163. The number of hydrogen-bond donors (Lipinski definition) is 6. The Morgan fingerprint density at radius 3 is 1.69 bits per heavy atom. The van der Waals surface area contributed by atoms with E-state index < -0.39 is 30.6 Å². The minimum Gasteiger partial charge on any atom is -0.387 e. The fraction of sp³-hybridized carbons (Fsp3) is 0.833. The number of aldehydes is 1. The molecule has 13 heavy (non-hydrogen) atoms. The largest absolute Gasteiger partial charge is 0.387 e. The van der Waals surface area contributed by atoms with E-state index >= 15 is 0 Å². The monoisotopic (exact) mass is 195 g/mol. The van der Waals surface area contributed by atoms with E-state index in [1.165, 1.54) is 0 Å². The van der Waals surface area contributed by atoms with Crippen LogP contribution in [-0.2, 0) is 4.79 Å². The lowest BCUT2D eigenvalue weighted by atomic mass is 10.0. The summed E-state index contributed by atoms with van der Waals surface area (Å²) in [6.45, 7) is 0. The van der Waals surface area contributed by atoms with Crippen LogP contribution in [0, 0.1) is 0 Å². The maximum atomic E-state index is 9.95. The second kappa shape index (κ2) is 5.22. The molecule has 0 heterocycles. The molecule has 0 aliphatic rings. The van der Waals surface area contributed by atoms with Crippen LogP contribution in [0.2, 0.25) is 0 Å². The summed E-state index contributed by atoms with van der Waals surface area (Å²) < 4.78 is 0. The maximum Gasteiger partial charge on any atom is 0.151 e. The van der Waals surface area contributed by atoms with Gasteiger partial charge in [0.25, 0.3) is 0 Å². The molecule has 78 valence electrons. The van der Waals surface area contributed by atoms with Crippen molar-refractivity contribution in [3.05, 3.63) is 0 Å². The van der Waals surface area contributed by atoms with Crippen LogP contribution in [0.25, 0.3) is 0 Å². The van der Waals surface area contributed by atoms with E-state index in [2.05, 4.69) is 0 Å². The average Bonchev–Trinajstić information content (AvgIpc) is 2.12. The molecule has 0 bridgehead atoms. The predicted octanol–water partition coefficient (Wildman–Crippen LogP) is -4.09. The van der Waals surface area contributed by atoms with E-state index in [9.17, 15) is 4.79 Å². The number of hydrogen-bond acceptors (Lipinski definition) is 7. The van der Waals surface area contributed by atoms with Gasteiger partial charge in [0.1, 0.15) is 30.6 Å². The first-order valence-electron chi connectivity index (χ1n) is 3.53. The Balaban J connectivity index is 4.23. The lowest BCUT2D eigenvalue weighted by Crippen LogP contribution is -2.51. The van der Waals surface area contributed by atoms with Gasteiger partial charge in [-0.1, -0.05) is 0 Å². The van der Waals surface area contributed by atoms with Gasteiger partial charge >= 0.3 is 0 Å². The number of aliphatic hydroxyl groups is 5. The van der Waals surface area contributed by atoms with E-state index in [4.69, 9.17) is 31.3 Å². The smallest absolute Gasteiger partial charge is 0.151 e. The molecule has 0 radical (unpaired) electrons. The molecule has 0 unspecified atom stereocenters. The molecule has 7 nitrogen and oxygen atoms in total. The van der Waals surface area contributed by atoms with Gasteiger partial charge in [0.15, 0.2) is 6.29 Å². The van der Waals surface area contributed by atoms with E-state index in [0.717, 1.165) is 0 Å². The first-order chi connectivity index (χ1) is 5.91. The van der Waals surface area contributed by atoms with Crippen molar-refractivity contribution in [3.8, 4) is 0 Å². The molecule has 0 aromatic rings. The van der Waals surface area contributed by atoms with Gasteiger partial charge in [0, 0.05) is 0 Å². The van der Waals surface area contributed by atoms with Gasteiger partial charge in [-0.2, -0.15) is 0 Å². The van der Waals surface area contributed by atoms with E-state index in [-0.39, 0.29) is 6.29 Å². The topological polar surface area (TPSA) is 144 Å². The van der Waals surface area contributed by atoms with Crippen LogP contribution in [0.3, 0.4) is 0 Å². The second-order valence-electron chi connectivity index (χ2n) is 2.59. The number of rotatable bonds is 5. The van der Waals surface area contributed by atoms with Crippen molar-refractivity contribution in [3.63, 3.8) is 0 Å². The van der Waals surface area contributed by atoms with Gasteiger partial charge in [-0.05, 0) is 0 Å². The molecular formula is C6H13NO6. The highest BCUT2D eigenvalue weighted by Crippen LogP contribution is 2.05. The van der Waals surface area contributed by atoms with Gasteiger partial charge < -0.3 is 36.1 Å². The number of nitrogens with two attached hydrogens (primary N) is 1. The number of carbonyl (C=O) groups is 1. The third-order valence-electron chi connectivity index (χ3n) is 1.54. The SMILES string of the molecule is N[C@H](O)[C@@H](O)[C@@H](O)[C@H](O)[C@@H](O)C=O. The summed E-state index contributed by atoms with van der Waals surface area (Å²) in [5.74, 6) is 0. The molecule has 7 N–H and O–H groups in total. The van der Waals surface area contributed by atoms with E-state index in [1.807, 2.05) is 0 Å². The normalized spacial score (nSPS) is 22.9. The van der Waals surface area contributed by atoms with Crippen molar-refractivity contribution in [2.75, 3.05) is 0 Å². The molecule has 0 saturated heterocycles. The zero-order valence-electron chi connectivity index (χ0n) is 6.69. The standard InChI is InChI=1S/C6H13NO6/c7-6(13)5(12)4(11)3(10)2(9)1-8/h1-6,9-13H,7H2/t2-,3+,4-,5-,6+/m0/s1. The molecule has 0 aliphatic heterocycles.